The molecule has 3 aromatic rings. The Morgan fingerprint density at radius 3 is 2.94 bits per heavy atom. The molecule has 3 aromatic heterocycles. The summed E-state index contributed by atoms with van der Waals surface area (Å²) in [6.45, 7) is 6.48. The minimum Gasteiger partial charge on any atom is -0.376 e. The van der Waals surface area contributed by atoms with Crippen LogP contribution in [0.25, 0.3) is 22.0 Å². The van der Waals surface area contributed by atoms with Crippen LogP contribution in [-0.4, -0.2) is 39.7 Å². The quantitative estimate of drug-likeness (QED) is 0.532. The van der Waals surface area contributed by atoms with Crippen molar-refractivity contribution in [2.75, 3.05) is 13.2 Å². The van der Waals surface area contributed by atoms with E-state index >= 15 is 0 Å². The average molecular weight is 451 g/mol. The van der Waals surface area contributed by atoms with Gasteiger partial charge in [0.1, 0.15) is 5.01 Å². The number of carbonyl (C=O) groups excluding carboxylic acids is 1. The molecular weight excluding hydrogens is 420 g/mol. The molecule has 1 saturated heterocycles. The van der Waals surface area contributed by atoms with Crippen molar-refractivity contribution in [3.8, 4) is 22.0 Å². The first-order chi connectivity index (χ1) is 15.6. The van der Waals surface area contributed by atoms with Crippen LogP contribution in [0.1, 0.15) is 54.4 Å². The fourth-order valence-corrected chi connectivity index (χ4v) is 5.13. The molecule has 32 heavy (non-hydrogen) atoms. The molecule has 5 rings (SSSR count). The highest BCUT2D eigenvalue weighted by atomic mass is 32.1. The molecule has 1 saturated carbocycles. The maximum Gasteiger partial charge on any atom is 0.253 e. The zero-order chi connectivity index (χ0) is 22.1. The van der Waals surface area contributed by atoms with E-state index in [-0.39, 0.29) is 12.0 Å². The molecule has 2 fully saturated rings. The summed E-state index contributed by atoms with van der Waals surface area (Å²) < 4.78 is 7.95. The van der Waals surface area contributed by atoms with Gasteiger partial charge in [-0.25, -0.2) is 4.98 Å². The largest absolute Gasteiger partial charge is 0.376 e. The van der Waals surface area contributed by atoms with Gasteiger partial charge in [0.25, 0.3) is 5.91 Å². The van der Waals surface area contributed by atoms with Gasteiger partial charge in [-0.2, -0.15) is 0 Å². The van der Waals surface area contributed by atoms with E-state index in [1.807, 2.05) is 18.3 Å². The normalized spacial score (nSPS) is 18.2. The molecule has 0 bridgehead atoms. The second-order valence-electron chi connectivity index (χ2n) is 8.86. The first-order valence-electron chi connectivity index (χ1n) is 11.6. The Morgan fingerprint density at radius 2 is 2.19 bits per heavy atom. The minimum absolute atomic E-state index is 0.0222. The Balaban J connectivity index is 1.43. The molecule has 0 aromatic carbocycles. The number of aromatic nitrogens is 3. The molecule has 1 unspecified atom stereocenters. The summed E-state index contributed by atoms with van der Waals surface area (Å²) in [6, 6.07) is 6.15. The molecule has 168 valence electrons. The zero-order valence-electron chi connectivity index (χ0n) is 18.8. The maximum atomic E-state index is 13.0. The van der Waals surface area contributed by atoms with E-state index in [9.17, 15) is 4.79 Å². The van der Waals surface area contributed by atoms with E-state index in [1.165, 1.54) is 12.8 Å². The van der Waals surface area contributed by atoms with Crippen LogP contribution in [0.5, 0.6) is 0 Å². The standard InChI is InChI=1S/C25H30N4O2S/c1-3-19-11-18(8-9-26-19)25-28-22(15-32-25)23-12-21(16(2)29(23)14-17-6-7-17)24(30)27-13-20-5-4-10-31-20/h8-9,11-12,15,17,20H,3-7,10,13-14H2,1-2H3,(H,27,30). The van der Waals surface area contributed by atoms with Crippen LogP contribution < -0.4 is 5.32 Å². The summed E-state index contributed by atoms with van der Waals surface area (Å²) in [5.41, 5.74) is 5.89. The lowest BCUT2D eigenvalue weighted by atomic mass is 10.2. The summed E-state index contributed by atoms with van der Waals surface area (Å²) in [7, 11) is 0. The highest BCUT2D eigenvalue weighted by molar-refractivity contribution is 7.13. The third-order valence-corrected chi connectivity index (χ3v) is 7.35. The number of amides is 1. The van der Waals surface area contributed by atoms with Crippen molar-refractivity contribution >= 4 is 17.2 Å². The van der Waals surface area contributed by atoms with Crippen molar-refractivity contribution in [3.05, 3.63) is 46.7 Å². The minimum atomic E-state index is -0.0222. The summed E-state index contributed by atoms with van der Waals surface area (Å²) in [6.07, 6.45) is 7.51. The van der Waals surface area contributed by atoms with Gasteiger partial charge in [-0.1, -0.05) is 6.92 Å². The predicted octanol–water partition coefficient (Wildman–Crippen LogP) is 4.86. The van der Waals surface area contributed by atoms with Gasteiger partial charge in [-0.3, -0.25) is 9.78 Å². The van der Waals surface area contributed by atoms with Gasteiger partial charge in [0.05, 0.1) is 23.1 Å². The summed E-state index contributed by atoms with van der Waals surface area (Å²) in [5.74, 6) is 0.680. The fraction of sp³-hybridized carbons (Fsp3) is 0.480. The van der Waals surface area contributed by atoms with Crippen LogP contribution >= 0.6 is 11.3 Å². The third kappa shape index (κ3) is 4.50. The average Bonchev–Trinajstić information content (AvgIpc) is 3.19. The second kappa shape index (κ2) is 9.16. The molecule has 1 N–H and O–H groups in total. The van der Waals surface area contributed by atoms with E-state index in [1.54, 1.807) is 11.3 Å². The van der Waals surface area contributed by atoms with Crippen molar-refractivity contribution in [2.45, 2.75) is 58.6 Å². The molecule has 0 radical (unpaired) electrons. The molecular formula is C25H30N4O2S. The molecule has 6 nitrogen and oxygen atoms in total. The van der Waals surface area contributed by atoms with Gasteiger partial charge in [-0.15, -0.1) is 11.3 Å². The van der Waals surface area contributed by atoms with Gasteiger partial charge >= 0.3 is 0 Å². The van der Waals surface area contributed by atoms with E-state index in [2.05, 4.69) is 40.2 Å². The number of nitrogens with zero attached hydrogens (tertiary/aromatic N) is 3. The molecule has 1 amide bonds. The summed E-state index contributed by atoms with van der Waals surface area (Å²) >= 11 is 1.64. The Morgan fingerprint density at radius 1 is 1.31 bits per heavy atom. The number of pyridine rings is 1. The van der Waals surface area contributed by atoms with Gasteiger partial charge < -0.3 is 14.6 Å². The molecule has 1 aliphatic carbocycles. The van der Waals surface area contributed by atoms with Crippen molar-refractivity contribution in [3.63, 3.8) is 0 Å². The number of hydrogen-bond acceptors (Lipinski definition) is 5. The third-order valence-electron chi connectivity index (χ3n) is 6.46. The van der Waals surface area contributed by atoms with Crippen LogP contribution in [0, 0.1) is 12.8 Å². The maximum absolute atomic E-state index is 13.0. The fourth-order valence-electron chi connectivity index (χ4n) is 4.32. The van der Waals surface area contributed by atoms with E-state index in [0.717, 1.165) is 71.3 Å². The molecule has 2 aliphatic rings. The Kier molecular flexibility index (Phi) is 6.11. The number of hydrogen-bond donors (Lipinski definition) is 1. The first kappa shape index (κ1) is 21.3. The molecule has 4 heterocycles. The van der Waals surface area contributed by atoms with Gasteiger partial charge in [0, 0.05) is 48.2 Å². The van der Waals surface area contributed by atoms with E-state index in [0.29, 0.717) is 12.5 Å². The number of carbonyl (C=O) groups is 1. The van der Waals surface area contributed by atoms with Crippen LogP contribution in [-0.2, 0) is 17.7 Å². The number of ether oxygens (including phenoxy) is 1. The highest BCUT2D eigenvalue weighted by Gasteiger charge is 2.27. The van der Waals surface area contributed by atoms with Gasteiger partial charge in [-0.05, 0) is 63.1 Å². The SMILES string of the molecule is CCc1cc(-c2nc(-c3cc(C(=O)NCC4CCCO4)c(C)n3CC3CC3)cs2)ccn1. The van der Waals surface area contributed by atoms with E-state index < -0.39 is 0 Å². The lowest BCUT2D eigenvalue weighted by Crippen LogP contribution is -2.32. The van der Waals surface area contributed by atoms with E-state index in [4.69, 9.17) is 9.72 Å². The molecule has 0 spiro atoms. The monoisotopic (exact) mass is 450 g/mol. The smallest absolute Gasteiger partial charge is 0.253 e. The number of thiazole rings is 1. The van der Waals surface area contributed by atoms with Gasteiger partial charge in [0.15, 0.2) is 0 Å². The van der Waals surface area contributed by atoms with Crippen LogP contribution in [0.4, 0.5) is 0 Å². The van der Waals surface area contributed by atoms with Crippen molar-refractivity contribution in [1.29, 1.82) is 0 Å². The van der Waals surface area contributed by atoms with Crippen molar-refractivity contribution in [1.82, 2.24) is 19.9 Å². The second-order valence-corrected chi connectivity index (χ2v) is 9.71. The number of rotatable bonds is 8. The highest BCUT2D eigenvalue weighted by Crippen LogP contribution is 2.36. The predicted molar refractivity (Wildman–Crippen MR) is 127 cm³/mol. The lowest BCUT2D eigenvalue weighted by Gasteiger charge is -2.12. The lowest BCUT2D eigenvalue weighted by molar-refractivity contribution is 0.0857. The van der Waals surface area contributed by atoms with Crippen LogP contribution in [0.15, 0.2) is 29.8 Å². The summed E-state index contributed by atoms with van der Waals surface area (Å²) in [4.78, 5) is 22.4. The van der Waals surface area contributed by atoms with Gasteiger partial charge in [0.2, 0.25) is 0 Å². The first-order valence-corrected chi connectivity index (χ1v) is 12.5. The number of aryl methyl sites for hydroxylation is 1. The van der Waals surface area contributed by atoms with Crippen LogP contribution in [0.3, 0.4) is 0 Å². The molecule has 1 aliphatic heterocycles. The molecule has 7 heteroatoms. The van der Waals surface area contributed by atoms with Crippen molar-refractivity contribution in [2.24, 2.45) is 5.92 Å². The Hall–Kier alpha value is -2.51. The zero-order valence-corrected chi connectivity index (χ0v) is 19.6. The summed E-state index contributed by atoms with van der Waals surface area (Å²) in [5, 5.41) is 6.17. The van der Waals surface area contributed by atoms with Crippen LogP contribution in [0.2, 0.25) is 0 Å². The Bertz CT molecular complexity index is 1110. The number of nitrogens with one attached hydrogen (secondary N) is 1. The molecule has 1 atom stereocenters. The Labute approximate surface area is 193 Å². The van der Waals surface area contributed by atoms with Crippen molar-refractivity contribution < 1.29 is 9.53 Å². The topological polar surface area (TPSA) is 69.0 Å².